The Bertz CT molecular complexity index is 757. The number of nitrogens with zero attached hydrogens (tertiary/aromatic N) is 2. The first-order chi connectivity index (χ1) is 12.1. The van der Waals surface area contributed by atoms with Gasteiger partial charge in [-0.3, -0.25) is 14.5 Å². The van der Waals surface area contributed by atoms with Gasteiger partial charge in [0.05, 0.1) is 11.4 Å². The molecule has 2 N–H and O–H groups in total. The molecule has 1 aliphatic rings. The minimum atomic E-state index is -3.65. The summed E-state index contributed by atoms with van der Waals surface area (Å²) in [5.41, 5.74) is 0.618. The number of amides is 1. The van der Waals surface area contributed by atoms with Crippen molar-refractivity contribution in [3.05, 3.63) is 24.3 Å². The molecule has 0 heterocycles. The lowest BCUT2D eigenvalue weighted by molar-refractivity contribution is -0.139. The molecule has 0 radical (unpaired) electrons. The summed E-state index contributed by atoms with van der Waals surface area (Å²) in [6.07, 6.45) is 1.18. The monoisotopic (exact) mass is 383 g/mol. The number of carboxylic acid groups (broad SMARTS) is 1. The molecule has 8 nitrogen and oxygen atoms in total. The SMILES string of the molecule is CCN(CC(=O)O)C1CC(NS(=O)(=O)c2ccc(N(C)C(C)=O)cc2)C1. The highest BCUT2D eigenvalue weighted by Crippen LogP contribution is 2.27. The summed E-state index contributed by atoms with van der Waals surface area (Å²) in [6, 6.07) is 5.99. The molecule has 0 aliphatic heterocycles. The van der Waals surface area contributed by atoms with Crippen LogP contribution in [0.2, 0.25) is 0 Å². The fraction of sp³-hybridized carbons (Fsp3) is 0.529. The first-order valence-corrected chi connectivity index (χ1v) is 9.95. The molecular formula is C17H25N3O5S. The molecule has 1 fully saturated rings. The quantitative estimate of drug-likeness (QED) is 0.690. The van der Waals surface area contributed by atoms with Gasteiger partial charge in [-0.25, -0.2) is 13.1 Å². The van der Waals surface area contributed by atoms with Crippen LogP contribution in [0.1, 0.15) is 26.7 Å². The summed E-state index contributed by atoms with van der Waals surface area (Å²) < 4.78 is 27.6. The zero-order chi connectivity index (χ0) is 19.5. The molecular weight excluding hydrogens is 358 g/mol. The number of sulfonamides is 1. The normalized spacial score (nSPS) is 19.8. The largest absolute Gasteiger partial charge is 0.480 e. The van der Waals surface area contributed by atoms with E-state index in [1.54, 1.807) is 19.2 Å². The second kappa shape index (κ2) is 8.15. The minimum absolute atomic E-state index is 0.0359. The number of benzene rings is 1. The first-order valence-electron chi connectivity index (χ1n) is 8.46. The molecule has 26 heavy (non-hydrogen) atoms. The Kier molecular flexibility index (Phi) is 6.38. The number of anilines is 1. The number of rotatable bonds is 8. The third-order valence-corrected chi connectivity index (χ3v) is 6.24. The molecule has 2 rings (SSSR count). The third kappa shape index (κ3) is 4.80. The van der Waals surface area contributed by atoms with Gasteiger partial charge in [-0.05, 0) is 43.7 Å². The topological polar surface area (TPSA) is 107 Å². The van der Waals surface area contributed by atoms with Crippen LogP contribution < -0.4 is 9.62 Å². The highest BCUT2D eigenvalue weighted by atomic mass is 32.2. The number of nitrogens with one attached hydrogen (secondary N) is 1. The zero-order valence-electron chi connectivity index (χ0n) is 15.2. The van der Waals surface area contributed by atoms with E-state index in [1.807, 2.05) is 11.8 Å². The number of hydrogen-bond donors (Lipinski definition) is 2. The number of carbonyl (C=O) groups excluding carboxylic acids is 1. The van der Waals surface area contributed by atoms with Gasteiger partial charge in [0.15, 0.2) is 0 Å². The van der Waals surface area contributed by atoms with Crippen molar-refractivity contribution in [1.29, 1.82) is 0 Å². The van der Waals surface area contributed by atoms with E-state index >= 15 is 0 Å². The molecule has 9 heteroatoms. The maximum absolute atomic E-state index is 12.5. The lowest BCUT2D eigenvalue weighted by Crippen LogP contribution is -2.54. The maximum atomic E-state index is 12.5. The average Bonchev–Trinajstić information content (AvgIpc) is 2.55. The molecule has 0 bridgehead atoms. The van der Waals surface area contributed by atoms with Crippen molar-refractivity contribution in [2.45, 2.75) is 43.7 Å². The van der Waals surface area contributed by atoms with Gasteiger partial charge in [0.2, 0.25) is 15.9 Å². The smallest absolute Gasteiger partial charge is 0.317 e. The molecule has 1 aromatic rings. The van der Waals surface area contributed by atoms with Gasteiger partial charge >= 0.3 is 5.97 Å². The van der Waals surface area contributed by atoms with Crippen LogP contribution in [0.4, 0.5) is 5.69 Å². The summed E-state index contributed by atoms with van der Waals surface area (Å²) >= 11 is 0. The predicted molar refractivity (Wildman–Crippen MR) is 97.5 cm³/mol. The Balaban J connectivity index is 1.96. The van der Waals surface area contributed by atoms with Crippen molar-refractivity contribution >= 4 is 27.6 Å². The molecule has 0 atom stereocenters. The van der Waals surface area contributed by atoms with E-state index in [0.717, 1.165) is 0 Å². The van der Waals surface area contributed by atoms with Crippen molar-refractivity contribution in [2.24, 2.45) is 0 Å². The third-order valence-electron chi connectivity index (χ3n) is 4.70. The number of likely N-dealkylation sites (N-methyl/N-ethyl adjacent to an activating group) is 1. The van der Waals surface area contributed by atoms with Crippen molar-refractivity contribution in [3.8, 4) is 0 Å². The fourth-order valence-corrected chi connectivity index (χ4v) is 4.23. The second-order valence-electron chi connectivity index (χ2n) is 6.47. The number of carboxylic acids is 1. The van der Waals surface area contributed by atoms with Gasteiger partial charge in [-0.2, -0.15) is 0 Å². The van der Waals surface area contributed by atoms with Gasteiger partial charge < -0.3 is 10.0 Å². The van der Waals surface area contributed by atoms with E-state index in [-0.39, 0.29) is 29.4 Å². The van der Waals surface area contributed by atoms with Crippen LogP contribution in [0.5, 0.6) is 0 Å². The maximum Gasteiger partial charge on any atom is 0.317 e. The van der Waals surface area contributed by atoms with Gasteiger partial charge in [-0.1, -0.05) is 6.92 Å². The zero-order valence-corrected chi connectivity index (χ0v) is 16.0. The summed E-state index contributed by atoms with van der Waals surface area (Å²) in [5, 5.41) is 8.90. The molecule has 1 aliphatic carbocycles. The number of hydrogen-bond acceptors (Lipinski definition) is 5. The van der Waals surface area contributed by atoms with Crippen molar-refractivity contribution in [1.82, 2.24) is 9.62 Å². The van der Waals surface area contributed by atoms with Gasteiger partial charge in [0.1, 0.15) is 0 Å². The first kappa shape index (κ1) is 20.3. The Hall–Kier alpha value is -1.97. The standard InChI is InChI=1S/C17H25N3O5S/c1-4-20(11-17(22)23)15-9-13(10-15)18-26(24,25)16-7-5-14(6-8-16)19(3)12(2)21/h5-8,13,15,18H,4,9-11H2,1-3H3,(H,22,23). The van der Waals surface area contributed by atoms with Crippen LogP contribution in [0.25, 0.3) is 0 Å². The van der Waals surface area contributed by atoms with E-state index in [1.165, 1.54) is 24.0 Å². The Morgan fingerprint density at radius 1 is 1.23 bits per heavy atom. The van der Waals surface area contributed by atoms with Crippen LogP contribution in [-0.2, 0) is 19.6 Å². The Morgan fingerprint density at radius 3 is 2.27 bits per heavy atom. The minimum Gasteiger partial charge on any atom is -0.480 e. The number of carbonyl (C=O) groups is 2. The van der Waals surface area contributed by atoms with E-state index in [0.29, 0.717) is 25.1 Å². The predicted octanol–water partition coefficient (Wildman–Crippen LogP) is 0.885. The van der Waals surface area contributed by atoms with E-state index in [9.17, 15) is 18.0 Å². The molecule has 1 amide bonds. The summed E-state index contributed by atoms with van der Waals surface area (Å²) in [4.78, 5) is 25.6. The summed E-state index contributed by atoms with van der Waals surface area (Å²) in [5.74, 6) is -1.02. The highest BCUT2D eigenvalue weighted by molar-refractivity contribution is 7.89. The molecule has 1 aromatic carbocycles. The van der Waals surface area contributed by atoms with E-state index in [4.69, 9.17) is 5.11 Å². The molecule has 0 aromatic heterocycles. The molecule has 0 unspecified atom stereocenters. The lowest BCUT2D eigenvalue weighted by atomic mass is 9.86. The summed E-state index contributed by atoms with van der Waals surface area (Å²) in [7, 11) is -2.03. The van der Waals surface area contributed by atoms with Crippen molar-refractivity contribution in [2.75, 3.05) is 25.0 Å². The lowest BCUT2D eigenvalue weighted by Gasteiger charge is -2.42. The van der Waals surface area contributed by atoms with Crippen LogP contribution in [-0.4, -0.2) is 62.5 Å². The fourth-order valence-electron chi connectivity index (χ4n) is 2.97. The molecule has 0 saturated heterocycles. The Morgan fingerprint density at radius 2 is 1.81 bits per heavy atom. The van der Waals surface area contributed by atoms with E-state index in [2.05, 4.69) is 4.72 Å². The second-order valence-corrected chi connectivity index (χ2v) is 8.19. The van der Waals surface area contributed by atoms with Gasteiger partial charge in [0, 0.05) is 31.7 Å². The van der Waals surface area contributed by atoms with Gasteiger partial charge in [0.25, 0.3) is 0 Å². The molecule has 144 valence electrons. The molecule has 1 saturated carbocycles. The van der Waals surface area contributed by atoms with Crippen LogP contribution in [0, 0.1) is 0 Å². The van der Waals surface area contributed by atoms with Crippen molar-refractivity contribution in [3.63, 3.8) is 0 Å². The Labute approximate surface area is 153 Å². The van der Waals surface area contributed by atoms with Gasteiger partial charge in [-0.15, -0.1) is 0 Å². The van der Waals surface area contributed by atoms with Crippen LogP contribution in [0.15, 0.2) is 29.2 Å². The van der Waals surface area contributed by atoms with Crippen molar-refractivity contribution < 1.29 is 23.1 Å². The number of aliphatic carboxylic acids is 1. The van der Waals surface area contributed by atoms with E-state index < -0.39 is 16.0 Å². The van der Waals surface area contributed by atoms with Crippen LogP contribution in [0.3, 0.4) is 0 Å². The highest BCUT2D eigenvalue weighted by Gasteiger charge is 2.36. The average molecular weight is 383 g/mol. The molecule has 0 spiro atoms. The van der Waals surface area contributed by atoms with Crippen LogP contribution >= 0.6 is 0 Å². The summed E-state index contributed by atoms with van der Waals surface area (Å²) in [6.45, 7) is 3.90.